The van der Waals surface area contributed by atoms with Gasteiger partial charge in [-0.1, -0.05) is 25.1 Å². The van der Waals surface area contributed by atoms with Crippen molar-refractivity contribution in [3.05, 3.63) is 34.6 Å². The number of para-hydroxylation sites is 1. The highest BCUT2D eigenvalue weighted by molar-refractivity contribution is 6.29. The summed E-state index contributed by atoms with van der Waals surface area (Å²) in [5.41, 5.74) is 3.21. The number of nitrogens with zero attached hydrogens (tertiary/aromatic N) is 4. The highest BCUT2D eigenvalue weighted by Gasteiger charge is 2.24. The third-order valence-electron chi connectivity index (χ3n) is 4.54. The van der Waals surface area contributed by atoms with Gasteiger partial charge in [0.1, 0.15) is 5.88 Å². The molecule has 0 aliphatic heterocycles. The Labute approximate surface area is 207 Å². The van der Waals surface area contributed by atoms with Crippen LogP contribution in [0.25, 0.3) is 0 Å². The van der Waals surface area contributed by atoms with E-state index in [1.165, 1.54) is 0 Å². The molecule has 0 unspecified atom stereocenters. The van der Waals surface area contributed by atoms with Crippen LogP contribution >= 0.6 is 23.2 Å². The standard InChI is InChI=1S/C15H22ClNO2.C8H14ClN5/c1-5-13-8-6-7-11(2)15(13)17(14(18)9-16)12(3)10-19-4;1-4-10-7-12-6(9)13-8(14-7)11-5(2)3/h6-8,12H,5,9-10H2,1-4H3;5H,4H2,1-3H3,(H2,10,11,12,13,14)/t12-;/m0./s1. The first-order valence-corrected chi connectivity index (χ1v) is 12.0. The summed E-state index contributed by atoms with van der Waals surface area (Å²) in [4.78, 5) is 26.0. The Morgan fingerprint density at radius 3 is 2.36 bits per heavy atom. The van der Waals surface area contributed by atoms with Crippen molar-refractivity contribution < 1.29 is 9.53 Å². The van der Waals surface area contributed by atoms with E-state index in [2.05, 4.69) is 38.6 Å². The maximum absolute atomic E-state index is 12.2. The van der Waals surface area contributed by atoms with Crippen LogP contribution in [-0.2, 0) is 16.0 Å². The van der Waals surface area contributed by atoms with E-state index < -0.39 is 0 Å². The molecule has 1 aromatic carbocycles. The van der Waals surface area contributed by atoms with Crippen molar-refractivity contribution >= 4 is 46.7 Å². The van der Waals surface area contributed by atoms with Gasteiger partial charge in [-0.25, -0.2) is 0 Å². The number of ether oxygens (including phenoxy) is 1. The average Bonchev–Trinajstić information content (AvgIpc) is 2.74. The highest BCUT2D eigenvalue weighted by atomic mass is 35.5. The van der Waals surface area contributed by atoms with Crippen molar-refractivity contribution in [1.29, 1.82) is 0 Å². The third kappa shape index (κ3) is 9.31. The molecule has 10 heteroatoms. The van der Waals surface area contributed by atoms with Crippen LogP contribution in [0.4, 0.5) is 17.6 Å². The zero-order chi connectivity index (χ0) is 25.0. The number of halogens is 2. The van der Waals surface area contributed by atoms with Gasteiger partial charge in [0.2, 0.25) is 23.1 Å². The number of aromatic nitrogens is 3. The normalized spacial score (nSPS) is 11.5. The monoisotopic (exact) mass is 498 g/mol. The van der Waals surface area contributed by atoms with E-state index in [0.717, 1.165) is 29.8 Å². The number of anilines is 3. The molecule has 1 amide bonds. The molecule has 1 atom stereocenters. The lowest BCUT2D eigenvalue weighted by molar-refractivity contribution is -0.116. The molecule has 1 heterocycles. The zero-order valence-corrected chi connectivity index (χ0v) is 22.1. The maximum atomic E-state index is 12.2. The predicted molar refractivity (Wildman–Crippen MR) is 138 cm³/mol. The summed E-state index contributed by atoms with van der Waals surface area (Å²) < 4.78 is 5.18. The minimum atomic E-state index is -0.0878. The number of hydrogen-bond acceptors (Lipinski definition) is 7. The van der Waals surface area contributed by atoms with Crippen LogP contribution in [0, 0.1) is 6.92 Å². The summed E-state index contributed by atoms with van der Waals surface area (Å²) in [5, 5.41) is 6.23. The number of carbonyl (C=O) groups is 1. The average molecular weight is 499 g/mol. The van der Waals surface area contributed by atoms with Gasteiger partial charge in [-0.15, -0.1) is 11.6 Å². The van der Waals surface area contributed by atoms with Gasteiger partial charge < -0.3 is 20.3 Å². The number of carbonyl (C=O) groups excluding carboxylic acids is 1. The lowest BCUT2D eigenvalue weighted by Gasteiger charge is -2.31. The quantitative estimate of drug-likeness (QED) is 0.448. The molecule has 2 aromatic rings. The summed E-state index contributed by atoms with van der Waals surface area (Å²) in [7, 11) is 1.64. The number of amides is 1. The van der Waals surface area contributed by atoms with Crippen LogP contribution in [0.1, 0.15) is 45.7 Å². The highest BCUT2D eigenvalue weighted by Crippen LogP contribution is 2.28. The van der Waals surface area contributed by atoms with Gasteiger partial charge in [-0.2, -0.15) is 15.0 Å². The van der Waals surface area contributed by atoms with Gasteiger partial charge >= 0.3 is 0 Å². The maximum Gasteiger partial charge on any atom is 0.242 e. The van der Waals surface area contributed by atoms with Crippen LogP contribution in [-0.4, -0.2) is 59.1 Å². The Kier molecular flexibility index (Phi) is 13.0. The van der Waals surface area contributed by atoms with E-state index in [0.29, 0.717) is 18.5 Å². The summed E-state index contributed by atoms with van der Waals surface area (Å²) in [6.45, 7) is 13.3. The number of rotatable bonds is 10. The number of alkyl halides is 1. The van der Waals surface area contributed by atoms with E-state index in [9.17, 15) is 4.79 Å². The summed E-state index contributed by atoms with van der Waals surface area (Å²) >= 11 is 11.5. The number of aryl methyl sites for hydroxylation is 2. The van der Waals surface area contributed by atoms with E-state index >= 15 is 0 Å². The molecule has 2 rings (SSSR count). The molecule has 0 bridgehead atoms. The van der Waals surface area contributed by atoms with Crippen molar-refractivity contribution in [3.63, 3.8) is 0 Å². The lowest BCUT2D eigenvalue weighted by atomic mass is 10.0. The fraction of sp³-hybridized carbons (Fsp3) is 0.565. The van der Waals surface area contributed by atoms with E-state index in [1.807, 2.05) is 46.8 Å². The second kappa shape index (κ2) is 14.9. The molecule has 33 heavy (non-hydrogen) atoms. The zero-order valence-electron chi connectivity index (χ0n) is 20.6. The second-order valence-electron chi connectivity index (χ2n) is 7.72. The van der Waals surface area contributed by atoms with E-state index in [4.69, 9.17) is 27.9 Å². The van der Waals surface area contributed by atoms with Gasteiger partial charge in [0.05, 0.1) is 18.3 Å². The molecule has 0 aliphatic carbocycles. The number of benzene rings is 1. The number of methoxy groups -OCH3 is 1. The van der Waals surface area contributed by atoms with Crippen molar-refractivity contribution in [2.24, 2.45) is 0 Å². The lowest BCUT2D eigenvalue weighted by Crippen LogP contribution is -2.43. The molecule has 0 aliphatic rings. The molecule has 0 fully saturated rings. The molecule has 0 saturated heterocycles. The SMILES string of the molecule is CCNc1nc(Cl)nc(NC(C)C)n1.CCc1cccc(C)c1N(C(=O)CCl)[C@@H](C)COC. The van der Waals surface area contributed by atoms with Crippen molar-refractivity contribution in [3.8, 4) is 0 Å². The van der Waals surface area contributed by atoms with Crippen LogP contribution in [0.15, 0.2) is 18.2 Å². The first kappa shape index (κ1) is 28.9. The van der Waals surface area contributed by atoms with Gasteiger partial charge in [-0.05, 0) is 63.8 Å². The summed E-state index contributed by atoms with van der Waals surface area (Å²) in [5.74, 6) is 0.882. The Bertz CT molecular complexity index is 882. The van der Waals surface area contributed by atoms with Gasteiger partial charge in [0.15, 0.2) is 0 Å². The fourth-order valence-corrected chi connectivity index (χ4v) is 3.52. The molecule has 184 valence electrons. The minimum absolute atomic E-state index is 0.0223. The second-order valence-corrected chi connectivity index (χ2v) is 8.32. The van der Waals surface area contributed by atoms with Crippen LogP contribution in [0.5, 0.6) is 0 Å². The molecular formula is C23H36Cl2N6O2. The molecule has 8 nitrogen and oxygen atoms in total. The largest absolute Gasteiger partial charge is 0.383 e. The van der Waals surface area contributed by atoms with Gasteiger partial charge in [-0.3, -0.25) is 4.79 Å². The molecule has 2 N–H and O–H groups in total. The predicted octanol–water partition coefficient (Wildman–Crippen LogP) is 4.94. The summed E-state index contributed by atoms with van der Waals surface area (Å²) in [6, 6.07) is 6.31. The van der Waals surface area contributed by atoms with Gasteiger partial charge in [0.25, 0.3) is 0 Å². The molecule has 1 aromatic heterocycles. The fourth-order valence-electron chi connectivity index (χ4n) is 3.23. The first-order valence-electron chi connectivity index (χ1n) is 11.1. The van der Waals surface area contributed by atoms with Crippen LogP contribution < -0.4 is 15.5 Å². The molecule has 0 saturated carbocycles. The van der Waals surface area contributed by atoms with Crippen LogP contribution in [0.3, 0.4) is 0 Å². The van der Waals surface area contributed by atoms with Gasteiger partial charge in [0, 0.05) is 19.7 Å². The Hall–Kier alpha value is -2.16. The van der Waals surface area contributed by atoms with Crippen molar-refractivity contribution in [2.45, 2.75) is 60.0 Å². The summed E-state index contributed by atoms with van der Waals surface area (Å²) in [6.07, 6.45) is 0.878. The molecule has 0 spiro atoms. The Balaban J connectivity index is 0.000000346. The Morgan fingerprint density at radius 2 is 1.82 bits per heavy atom. The van der Waals surface area contributed by atoms with E-state index in [-0.39, 0.29) is 29.2 Å². The molecular weight excluding hydrogens is 463 g/mol. The topological polar surface area (TPSA) is 92.3 Å². The molecule has 0 radical (unpaired) electrons. The van der Waals surface area contributed by atoms with Crippen molar-refractivity contribution in [1.82, 2.24) is 15.0 Å². The van der Waals surface area contributed by atoms with Crippen molar-refractivity contribution in [2.75, 3.05) is 41.7 Å². The van der Waals surface area contributed by atoms with Crippen LogP contribution in [0.2, 0.25) is 5.28 Å². The van der Waals surface area contributed by atoms with E-state index in [1.54, 1.807) is 12.0 Å². The number of nitrogens with one attached hydrogen (secondary N) is 2. The smallest absolute Gasteiger partial charge is 0.242 e. The number of hydrogen-bond donors (Lipinski definition) is 2. The first-order chi connectivity index (χ1) is 15.7. The Morgan fingerprint density at radius 1 is 1.15 bits per heavy atom. The third-order valence-corrected chi connectivity index (χ3v) is 4.93. The minimum Gasteiger partial charge on any atom is -0.383 e.